The van der Waals surface area contributed by atoms with Gasteiger partial charge in [0, 0.05) is 51.2 Å². The van der Waals surface area contributed by atoms with Gasteiger partial charge in [-0.25, -0.2) is 4.98 Å². The third kappa shape index (κ3) is 5.50. The van der Waals surface area contributed by atoms with E-state index in [2.05, 4.69) is 21.5 Å². The van der Waals surface area contributed by atoms with Crippen LogP contribution in [0.4, 0.5) is 0 Å². The number of carbonyl (C=O) groups is 1. The van der Waals surface area contributed by atoms with Crippen LogP contribution in [0.1, 0.15) is 22.8 Å². The van der Waals surface area contributed by atoms with Gasteiger partial charge in [0.15, 0.2) is 0 Å². The first-order valence-corrected chi connectivity index (χ1v) is 9.05. The van der Waals surface area contributed by atoms with Crippen LogP contribution in [-0.4, -0.2) is 52.4 Å². The number of ether oxygens (including phenoxy) is 1. The molecule has 0 aromatic carbocycles. The standard InChI is InChI=1S/C16H23N5O2S.ClH/c1-23-8-7-20(12-15-18-5-9-24-15)16(22)3-2-13-10-14-11-17-4-6-21(14)19-13;/h5,9-10,17H,2-4,6-8,11-12H2,1H3;1H. The van der Waals surface area contributed by atoms with Gasteiger partial charge in [-0.2, -0.15) is 5.10 Å². The second-order valence-electron chi connectivity index (χ2n) is 5.76. The summed E-state index contributed by atoms with van der Waals surface area (Å²) in [5.74, 6) is 0.117. The van der Waals surface area contributed by atoms with E-state index < -0.39 is 0 Å². The number of halogens is 1. The number of hydrogen-bond donors (Lipinski definition) is 1. The van der Waals surface area contributed by atoms with Crippen molar-refractivity contribution in [3.05, 3.63) is 34.0 Å². The van der Waals surface area contributed by atoms with Crippen molar-refractivity contribution < 1.29 is 9.53 Å². The highest BCUT2D eigenvalue weighted by Crippen LogP contribution is 2.13. The zero-order valence-corrected chi connectivity index (χ0v) is 15.9. The highest BCUT2D eigenvalue weighted by Gasteiger charge is 2.17. The normalized spacial score (nSPS) is 13.2. The van der Waals surface area contributed by atoms with Crippen LogP contribution in [0.15, 0.2) is 17.6 Å². The molecular weight excluding hydrogens is 362 g/mol. The molecule has 138 valence electrons. The molecule has 0 atom stereocenters. The Hall–Kier alpha value is -1.48. The van der Waals surface area contributed by atoms with E-state index in [1.807, 2.05) is 15.0 Å². The summed E-state index contributed by atoms with van der Waals surface area (Å²) in [6.45, 7) is 4.35. The summed E-state index contributed by atoms with van der Waals surface area (Å²) in [4.78, 5) is 18.7. The number of thiazole rings is 1. The van der Waals surface area contributed by atoms with E-state index in [9.17, 15) is 4.79 Å². The molecule has 0 saturated carbocycles. The molecule has 0 aliphatic carbocycles. The minimum atomic E-state index is 0. The first kappa shape index (κ1) is 19.8. The molecule has 1 amide bonds. The van der Waals surface area contributed by atoms with E-state index in [0.717, 1.165) is 30.3 Å². The second kappa shape index (κ2) is 9.86. The largest absolute Gasteiger partial charge is 0.383 e. The molecular formula is C16H24ClN5O2S. The Bertz CT molecular complexity index is 638. The van der Waals surface area contributed by atoms with Gasteiger partial charge in [-0.05, 0) is 6.07 Å². The predicted octanol–water partition coefficient (Wildman–Crippen LogP) is 1.47. The summed E-state index contributed by atoms with van der Waals surface area (Å²) in [6.07, 6.45) is 2.89. The maximum absolute atomic E-state index is 12.6. The molecule has 7 nitrogen and oxygen atoms in total. The molecule has 9 heteroatoms. The third-order valence-corrected chi connectivity index (χ3v) is 4.81. The molecule has 1 aliphatic heterocycles. The van der Waals surface area contributed by atoms with Gasteiger partial charge in [0.1, 0.15) is 5.01 Å². The van der Waals surface area contributed by atoms with Gasteiger partial charge >= 0.3 is 0 Å². The first-order valence-electron chi connectivity index (χ1n) is 8.17. The van der Waals surface area contributed by atoms with Crippen molar-refractivity contribution in [2.75, 3.05) is 26.8 Å². The highest BCUT2D eigenvalue weighted by molar-refractivity contribution is 7.09. The van der Waals surface area contributed by atoms with Crippen molar-refractivity contribution in [1.82, 2.24) is 25.0 Å². The summed E-state index contributed by atoms with van der Waals surface area (Å²) < 4.78 is 7.16. The predicted molar refractivity (Wildman–Crippen MR) is 98.9 cm³/mol. The van der Waals surface area contributed by atoms with Gasteiger partial charge in [-0.3, -0.25) is 9.48 Å². The highest BCUT2D eigenvalue weighted by atomic mass is 35.5. The van der Waals surface area contributed by atoms with Crippen LogP contribution in [0, 0.1) is 0 Å². The van der Waals surface area contributed by atoms with Crippen molar-refractivity contribution in [1.29, 1.82) is 0 Å². The van der Waals surface area contributed by atoms with E-state index >= 15 is 0 Å². The maximum Gasteiger partial charge on any atom is 0.223 e. The Kier molecular flexibility index (Phi) is 7.83. The van der Waals surface area contributed by atoms with Gasteiger partial charge in [0.2, 0.25) is 5.91 Å². The molecule has 1 aliphatic rings. The topological polar surface area (TPSA) is 72.3 Å². The Morgan fingerprint density at radius 3 is 3.12 bits per heavy atom. The van der Waals surface area contributed by atoms with Crippen molar-refractivity contribution >= 4 is 29.7 Å². The molecule has 2 aromatic rings. The summed E-state index contributed by atoms with van der Waals surface area (Å²) in [7, 11) is 1.65. The van der Waals surface area contributed by atoms with Gasteiger partial charge < -0.3 is 15.0 Å². The summed E-state index contributed by atoms with van der Waals surface area (Å²) in [6, 6.07) is 2.10. The van der Waals surface area contributed by atoms with Gasteiger partial charge in [0.25, 0.3) is 0 Å². The minimum absolute atomic E-state index is 0. The number of hydrogen-bond acceptors (Lipinski definition) is 6. The fourth-order valence-electron chi connectivity index (χ4n) is 2.76. The number of rotatable bonds is 8. The number of aryl methyl sites for hydroxylation is 1. The molecule has 0 fully saturated rings. The van der Waals surface area contributed by atoms with Gasteiger partial charge in [-0.1, -0.05) is 0 Å². The van der Waals surface area contributed by atoms with E-state index in [1.165, 1.54) is 5.69 Å². The fraction of sp³-hybridized carbons (Fsp3) is 0.562. The van der Waals surface area contributed by atoms with Crippen LogP contribution in [0.3, 0.4) is 0 Å². The lowest BCUT2D eigenvalue weighted by Gasteiger charge is -2.21. The smallest absolute Gasteiger partial charge is 0.223 e. The number of aromatic nitrogens is 3. The first-order chi connectivity index (χ1) is 11.8. The Morgan fingerprint density at radius 2 is 2.40 bits per heavy atom. The van der Waals surface area contributed by atoms with E-state index in [-0.39, 0.29) is 18.3 Å². The zero-order valence-electron chi connectivity index (χ0n) is 14.3. The van der Waals surface area contributed by atoms with Crippen LogP contribution in [0.25, 0.3) is 0 Å². The zero-order chi connectivity index (χ0) is 16.8. The minimum Gasteiger partial charge on any atom is -0.383 e. The van der Waals surface area contributed by atoms with Crippen molar-refractivity contribution in [2.45, 2.75) is 32.5 Å². The SMILES string of the molecule is COCCN(Cc1nccs1)C(=O)CCc1cc2n(n1)CCNC2.Cl. The molecule has 0 unspecified atom stereocenters. The Balaban J connectivity index is 0.00000225. The molecule has 0 saturated heterocycles. The van der Waals surface area contributed by atoms with Gasteiger partial charge in [-0.15, -0.1) is 23.7 Å². The lowest BCUT2D eigenvalue weighted by atomic mass is 10.2. The maximum atomic E-state index is 12.6. The number of nitrogens with one attached hydrogen (secondary N) is 1. The Morgan fingerprint density at radius 1 is 1.52 bits per heavy atom. The molecule has 0 bridgehead atoms. The monoisotopic (exact) mass is 385 g/mol. The van der Waals surface area contributed by atoms with Crippen LogP contribution in [0.5, 0.6) is 0 Å². The number of carbonyl (C=O) groups excluding carboxylic acids is 1. The molecule has 0 spiro atoms. The molecule has 3 rings (SSSR count). The quantitative estimate of drug-likeness (QED) is 0.745. The lowest BCUT2D eigenvalue weighted by molar-refractivity contribution is -0.132. The van der Waals surface area contributed by atoms with Crippen LogP contribution >= 0.6 is 23.7 Å². The average molecular weight is 386 g/mol. The van der Waals surface area contributed by atoms with E-state index in [4.69, 9.17) is 4.74 Å². The van der Waals surface area contributed by atoms with Crippen molar-refractivity contribution in [2.24, 2.45) is 0 Å². The van der Waals surface area contributed by atoms with E-state index in [0.29, 0.717) is 32.5 Å². The number of nitrogens with zero attached hydrogens (tertiary/aromatic N) is 4. The summed E-state index contributed by atoms with van der Waals surface area (Å²) in [5, 5.41) is 10.8. The van der Waals surface area contributed by atoms with Crippen molar-refractivity contribution in [3.63, 3.8) is 0 Å². The van der Waals surface area contributed by atoms with Crippen LogP contribution in [-0.2, 0) is 35.6 Å². The second-order valence-corrected chi connectivity index (χ2v) is 6.74. The van der Waals surface area contributed by atoms with Gasteiger partial charge in [0.05, 0.1) is 31.1 Å². The fourth-order valence-corrected chi connectivity index (χ4v) is 3.39. The summed E-state index contributed by atoms with van der Waals surface area (Å²) >= 11 is 1.57. The Labute approximate surface area is 157 Å². The number of fused-ring (bicyclic) bond motifs is 1. The number of amides is 1. The van der Waals surface area contributed by atoms with Crippen LogP contribution < -0.4 is 5.32 Å². The lowest BCUT2D eigenvalue weighted by Crippen LogP contribution is -2.33. The summed E-state index contributed by atoms with van der Waals surface area (Å²) in [5.41, 5.74) is 2.19. The number of methoxy groups -OCH3 is 1. The molecule has 3 heterocycles. The molecule has 2 aromatic heterocycles. The molecule has 1 N–H and O–H groups in total. The van der Waals surface area contributed by atoms with Crippen LogP contribution in [0.2, 0.25) is 0 Å². The van der Waals surface area contributed by atoms with E-state index in [1.54, 1.807) is 24.6 Å². The molecule has 25 heavy (non-hydrogen) atoms. The average Bonchev–Trinajstić information content (AvgIpc) is 3.25. The third-order valence-electron chi connectivity index (χ3n) is 4.04. The van der Waals surface area contributed by atoms with Crippen molar-refractivity contribution in [3.8, 4) is 0 Å². The molecule has 0 radical (unpaired) electrons.